The summed E-state index contributed by atoms with van der Waals surface area (Å²) in [6, 6.07) is 7.25. The second-order valence-corrected chi connectivity index (χ2v) is 8.73. The number of carbonyl (C=O) groups is 3. The van der Waals surface area contributed by atoms with E-state index in [1.165, 1.54) is 13.2 Å². The van der Waals surface area contributed by atoms with Crippen LogP contribution in [0.4, 0.5) is 0 Å². The molecule has 0 aliphatic carbocycles. The van der Waals surface area contributed by atoms with Crippen LogP contribution in [0.5, 0.6) is 0 Å². The maximum absolute atomic E-state index is 13.1. The second kappa shape index (κ2) is 11.7. The van der Waals surface area contributed by atoms with Gasteiger partial charge in [-0.3, -0.25) is 0 Å². The number of esters is 3. The monoisotopic (exact) mass is 470 g/mol. The minimum atomic E-state index is -0.768. The van der Waals surface area contributed by atoms with Gasteiger partial charge >= 0.3 is 17.9 Å². The number of hydrogen-bond acceptors (Lipinski definition) is 8. The van der Waals surface area contributed by atoms with Gasteiger partial charge in [0, 0.05) is 24.0 Å². The van der Waals surface area contributed by atoms with E-state index in [0.29, 0.717) is 40.2 Å². The zero-order valence-electron chi connectivity index (χ0n) is 20.9. The summed E-state index contributed by atoms with van der Waals surface area (Å²) in [5.41, 5.74) is 2.45. The lowest BCUT2D eigenvalue weighted by Crippen LogP contribution is -2.36. The normalized spacial score (nSPS) is 16.4. The molecule has 0 saturated heterocycles. The highest BCUT2D eigenvalue weighted by molar-refractivity contribution is 6.00. The molecule has 1 aliphatic rings. The van der Waals surface area contributed by atoms with Crippen molar-refractivity contribution in [2.75, 3.05) is 27.3 Å². The van der Waals surface area contributed by atoms with Crippen LogP contribution < -0.4 is 10.6 Å². The zero-order valence-corrected chi connectivity index (χ0v) is 20.9. The predicted molar refractivity (Wildman–Crippen MR) is 129 cm³/mol. The van der Waals surface area contributed by atoms with Crippen molar-refractivity contribution in [2.45, 2.75) is 46.1 Å². The average molecular weight is 471 g/mol. The number of ether oxygens (including phenoxy) is 3. The Morgan fingerprint density at radius 2 is 1.79 bits per heavy atom. The third-order valence-electron chi connectivity index (χ3n) is 5.01. The molecule has 1 aromatic rings. The first-order valence-corrected chi connectivity index (χ1v) is 11.1. The molecule has 2 rings (SSSR count). The molecule has 1 heterocycles. The Bertz CT molecular complexity index is 1030. The summed E-state index contributed by atoms with van der Waals surface area (Å²) >= 11 is 0. The van der Waals surface area contributed by atoms with Crippen LogP contribution in [0.15, 0.2) is 52.9 Å². The Kier molecular flexibility index (Phi) is 9.20. The van der Waals surface area contributed by atoms with Crippen molar-refractivity contribution in [2.24, 2.45) is 0 Å². The third kappa shape index (κ3) is 6.57. The number of methoxy groups -OCH3 is 1. The topological polar surface area (TPSA) is 103 Å². The summed E-state index contributed by atoms with van der Waals surface area (Å²) in [5, 5.41) is 6.22. The van der Waals surface area contributed by atoms with Crippen molar-refractivity contribution in [1.82, 2.24) is 10.6 Å². The quantitative estimate of drug-likeness (QED) is 0.339. The predicted octanol–water partition coefficient (Wildman–Crippen LogP) is 3.21. The van der Waals surface area contributed by atoms with Crippen LogP contribution in [0.3, 0.4) is 0 Å². The molecule has 34 heavy (non-hydrogen) atoms. The summed E-state index contributed by atoms with van der Waals surface area (Å²) < 4.78 is 15.8. The van der Waals surface area contributed by atoms with Gasteiger partial charge in [-0.25, -0.2) is 14.4 Å². The maximum Gasteiger partial charge on any atom is 0.336 e. The molecule has 0 spiro atoms. The molecule has 0 bridgehead atoms. The fraction of sp³-hybridized carbons (Fsp3) is 0.423. The molecule has 8 nitrogen and oxygen atoms in total. The van der Waals surface area contributed by atoms with Crippen LogP contribution in [0.25, 0.3) is 6.08 Å². The van der Waals surface area contributed by atoms with E-state index in [1.54, 1.807) is 47.7 Å². The Labute approximate surface area is 201 Å². The van der Waals surface area contributed by atoms with Crippen molar-refractivity contribution in [3.8, 4) is 0 Å². The molecule has 0 amide bonds. The van der Waals surface area contributed by atoms with Crippen LogP contribution >= 0.6 is 0 Å². The van der Waals surface area contributed by atoms with Crippen molar-refractivity contribution in [3.63, 3.8) is 0 Å². The molecule has 184 valence electrons. The lowest BCUT2D eigenvalue weighted by Gasteiger charge is -2.32. The van der Waals surface area contributed by atoms with Crippen molar-refractivity contribution >= 4 is 24.0 Å². The second-order valence-electron chi connectivity index (χ2n) is 8.73. The summed E-state index contributed by atoms with van der Waals surface area (Å²) in [5.74, 6) is -2.36. The first-order chi connectivity index (χ1) is 16.0. The molecule has 8 heteroatoms. The molecular formula is C26H34N2O6. The highest BCUT2D eigenvalue weighted by Crippen LogP contribution is 2.40. The average Bonchev–Trinajstić information content (AvgIpc) is 2.76. The summed E-state index contributed by atoms with van der Waals surface area (Å²) in [6.45, 7) is 9.38. The first kappa shape index (κ1) is 26.9. The highest BCUT2D eigenvalue weighted by Gasteiger charge is 2.39. The van der Waals surface area contributed by atoms with Crippen molar-refractivity contribution in [3.05, 3.63) is 64.0 Å². The van der Waals surface area contributed by atoms with E-state index in [4.69, 9.17) is 14.2 Å². The number of likely N-dealkylation sites (N-methyl/N-ethyl adjacent to an activating group) is 1. The molecule has 1 unspecified atom stereocenters. The van der Waals surface area contributed by atoms with Crippen LogP contribution in [0.1, 0.15) is 51.7 Å². The van der Waals surface area contributed by atoms with Gasteiger partial charge in [0.05, 0.1) is 30.8 Å². The molecule has 1 aliphatic heterocycles. The summed E-state index contributed by atoms with van der Waals surface area (Å²) in [4.78, 5) is 38.3. The largest absolute Gasteiger partial charge is 0.466 e. The SMILES string of the molecule is CCOC(=O)C1=C(CNC)NC(C)=C(C(=O)OC)C1c1ccccc1/C=C/C(=O)OC(C)(C)C. The smallest absolute Gasteiger partial charge is 0.336 e. The number of carbonyl (C=O) groups excluding carboxylic acids is 3. The Balaban J connectivity index is 2.71. The van der Waals surface area contributed by atoms with E-state index in [-0.39, 0.29) is 6.61 Å². The van der Waals surface area contributed by atoms with Crippen LogP contribution in [-0.2, 0) is 28.6 Å². The van der Waals surface area contributed by atoms with Gasteiger partial charge in [-0.15, -0.1) is 0 Å². The fourth-order valence-corrected chi connectivity index (χ4v) is 3.77. The van der Waals surface area contributed by atoms with Crippen LogP contribution in [0.2, 0.25) is 0 Å². The Morgan fingerprint density at radius 1 is 1.12 bits per heavy atom. The summed E-state index contributed by atoms with van der Waals surface area (Å²) in [6.07, 6.45) is 2.96. The molecule has 1 aromatic carbocycles. The molecule has 0 aromatic heterocycles. The fourth-order valence-electron chi connectivity index (χ4n) is 3.77. The van der Waals surface area contributed by atoms with Crippen molar-refractivity contribution in [1.29, 1.82) is 0 Å². The molecule has 2 N–H and O–H groups in total. The molecular weight excluding hydrogens is 436 g/mol. The van der Waals surface area contributed by atoms with Gasteiger partial charge in [0.1, 0.15) is 5.60 Å². The summed E-state index contributed by atoms with van der Waals surface area (Å²) in [7, 11) is 3.06. The minimum absolute atomic E-state index is 0.179. The van der Waals surface area contributed by atoms with Gasteiger partial charge in [0.15, 0.2) is 0 Å². The number of allylic oxidation sites excluding steroid dienone is 1. The maximum atomic E-state index is 13.1. The van der Waals surface area contributed by atoms with Gasteiger partial charge in [-0.05, 0) is 58.9 Å². The van der Waals surface area contributed by atoms with Gasteiger partial charge in [-0.2, -0.15) is 0 Å². The zero-order chi connectivity index (χ0) is 25.5. The molecule has 0 fully saturated rings. The van der Waals surface area contributed by atoms with Gasteiger partial charge in [-0.1, -0.05) is 24.3 Å². The number of hydrogen-bond donors (Lipinski definition) is 2. The standard InChI is InChI=1S/C26H34N2O6/c1-8-33-25(31)23-19(15-27-6)28-16(2)21(24(30)32-7)22(23)18-12-10-9-11-17(18)13-14-20(29)34-26(3,4)5/h9-14,22,27-28H,8,15H2,1-7H3/b14-13+. The molecule has 0 radical (unpaired) electrons. The minimum Gasteiger partial charge on any atom is -0.466 e. The third-order valence-corrected chi connectivity index (χ3v) is 5.01. The molecule has 1 atom stereocenters. The van der Waals surface area contributed by atoms with Gasteiger partial charge in [0.25, 0.3) is 0 Å². The Morgan fingerprint density at radius 3 is 2.38 bits per heavy atom. The van der Waals surface area contributed by atoms with Gasteiger partial charge in [0.2, 0.25) is 0 Å². The first-order valence-electron chi connectivity index (χ1n) is 11.1. The number of dihydropyridines is 1. The van der Waals surface area contributed by atoms with Crippen LogP contribution in [0, 0.1) is 0 Å². The van der Waals surface area contributed by atoms with E-state index in [2.05, 4.69) is 10.6 Å². The Hall–Kier alpha value is -3.39. The molecule has 0 saturated carbocycles. The van der Waals surface area contributed by atoms with Crippen molar-refractivity contribution < 1.29 is 28.6 Å². The number of benzene rings is 1. The van der Waals surface area contributed by atoms with E-state index in [0.717, 1.165) is 0 Å². The lowest BCUT2D eigenvalue weighted by molar-refractivity contribution is -0.148. The van der Waals surface area contributed by atoms with Crippen LogP contribution in [-0.4, -0.2) is 50.8 Å². The van der Waals surface area contributed by atoms with E-state index < -0.39 is 29.4 Å². The number of nitrogens with one attached hydrogen (secondary N) is 2. The van der Waals surface area contributed by atoms with E-state index in [1.807, 2.05) is 24.3 Å². The van der Waals surface area contributed by atoms with E-state index >= 15 is 0 Å². The van der Waals surface area contributed by atoms with E-state index in [9.17, 15) is 14.4 Å². The van der Waals surface area contributed by atoms with Gasteiger partial charge < -0.3 is 24.8 Å². The lowest BCUT2D eigenvalue weighted by atomic mass is 9.78. The highest BCUT2D eigenvalue weighted by atomic mass is 16.6. The number of rotatable bonds is 8.